The Bertz CT molecular complexity index is 1390. The van der Waals surface area contributed by atoms with Gasteiger partial charge in [-0.05, 0) is 74.4 Å². The van der Waals surface area contributed by atoms with Gasteiger partial charge in [-0.25, -0.2) is 0 Å². The summed E-state index contributed by atoms with van der Waals surface area (Å²) in [5.41, 5.74) is 12.0. The highest BCUT2D eigenvalue weighted by Gasteiger charge is 2.25. The molecule has 1 fully saturated rings. The molecule has 0 radical (unpaired) electrons. The first-order chi connectivity index (χ1) is 16.9. The van der Waals surface area contributed by atoms with E-state index in [1.807, 2.05) is 0 Å². The zero-order chi connectivity index (χ0) is 24.5. The number of nitrogens with one attached hydrogen (secondary N) is 1. The van der Waals surface area contributed by atoms with Crippen molar-refractivity contribution in [3.05, 3.63) is 76.3 Å². The summed E-state index contributed by atoms with van der Waals surface area (Å²) in [6.45, 7) is 8.43. The molecule has 0 bridgehead atoms. The predicted octanol–water partition coefficient (Wildman–Crippen LogP) is 5.92. The SMILES string of the molecule is CC(C)=CCC(Cc1c[nH]c2ccccc12)c1c(C(N)=O)sc2cc(N3CCN(C)CC3)ccc12. The summed E-state index contributed by atoms with van der Waals surface area (Å²) in [4.78, 5) is 21.6. The number of thiophene rings is 1. The quantitative estimate of drug-likeness (QED) is 0.319. The molecule has 4 aromatic rings. The first kappa shape index (κ1) is 23.6. The van der Waals surface area contributed by atoms with Gasteiger partial charge in [0.25, 0.3) is 5.91 Å². The van der Waals surface area contributed by atoms with Crippen LogP contribution in [0.1, 0.15) is 47.0 Å². The number of allylic oxidation sites excluding steroid dienone is 2. The van der Waals surface area contributed by atoms with Crippen LogP contribution in [0.5, 0.6) is 0 Å². The molecule has 0 aliphatic carbocycles. The number of piperazine rings is 1. The molecule has 1 atom stereocenters. The van der Waals surface area contributed by atoms with Gasteiger partial charge in [0.15, 0.2) is 0 Å². The van der Waals surface area contributed by atoms with Crippen LogP contribution in [0.25, 0.3) is 21.0 Å². The van der Waals surface area contributed by atoms with Crippen LogP contribution in [0, 0.1) is 0 Å². The Morgan fingerprint density at radius 2 is 1.89 bits per heavy atom. The number of aromatic amines is 1. The van der Waals surface area contributed by atoms with Crippen LogP contribution in [-0.2, 0) is 6.42 Å². The summed E-state index contributed by atoms with van der Waals surface area (Å²) in [5, 5.41) is 2.40. The normalized spacial score (nSPS) is 15.6. The van der Waals surface area contributed by atoms with E-state index in [1.165, 1.54) is 22.2 Å². The number of benzene rings is 2. The lowest BCUT2D eigenvalue weighted by Gasteiger charge is -2.34. The minimum atomic E-state index is -0.330. The third kappa shape index (κ3) is 4.86. The smallest absolute Gasteiger partial charge is 0.259 e. The number of nitrogens with two attached hydrogens (primary N) is 1. The highest BCUT2D eigenvalue weighted by atomic mass is 32.1. The Labute approximate surface area is 211 Å². The van der Waals surface area contributed by atoms with Crippen LogP contribution in [0.3, 0.4) is 0 Å². The summed E-state index contributed by atoms with van der Waals surface area (Å²) < 4.78 is 1.14. The lowest BCUT2D eigenvalue weighted by molar-refractivity contribution is 0.100. The first-order valence-electron chi connectivity index (χ1n) is 12.4. The fraction of sp³-hybridized carbons (Fsp3) is 0.345. The van der Waals surface area contributed by atoms with Crippen molar-refractivity contribution in [2.75, 3.05) is 38.1 Å². The number of hydrogen-bond acceptors (Lipinski definition) is 4. The van der Waals surface area contributed by atoms with Crippen molar-refractivity contribution in [1.29, 1.82) is 0 Å². The number of anilines is 1. The van der Waals surface area contributed by atoms with Gasteiger partial charge >= 0.3 is 0 Å². The van der Waals surface area contributed by atoms with E-state index in [0.717, 1.165) is 60.2 Å². The van der Waals surface area contributed by atoms with E-state index >= 15 is 0 Å². The number of likely N-dealkylation sites (N-methyl/N-ethyl adjacent to an activating group) is 1. The standard InChI is InChI=1S/C29H34N4OS/c1-19(2)8-9-20(16-21-18-31-25-7-5-4-6-23(21)25)27-24-11-10-22(33-14-12-32(3)13-15-33)17-26(24)35-28(27)29(30)34/h4-8,10-11,17-18,20,31H,9,12-16H2,1-3H3,(H2,30,34). The molecule has 1 amide bonds. The number of carbonyl (C=O) groups excluding carboxylic acids is 1. The van der Waals surface area contributed by atoms with Crippen LogP contribution in [-0.4, -0.2) is 49.0 Å². The Kier molecular flexibility index (Phi) is 6.67. The highest BCUT2D eigenvalue weighted by molar-refractivity contribution is 7.21. The predicted molar refractivity (Wildman–Crippen MR) is 149 cm³/mol. The molecular formula is C29H34N4OS. The fourth-order valence-corrected chi connectivity index (χ4v) is 6.38. The van der Waals surface area contributed by atoms with E-state index in [2.05, 4.69) is 90.4 Å². The number of rotatable bonds is 7. The second-order valence-electron chi connectivity index (χ2n) is 9.96. The molecular weight excluding hydrogens is 452 g/mol. The lowest BCUT2D eigenvalue weighted by Crippen LogP contribution is -2.44. The van der Waals surface area contributed by atoms with Crippen molar-refractivity contribution in [1.82, 2.24) is 9.88 Å². The molecule has 2 aromatic carbocycles. The summed E-state index contributed by atoms with van der Waals surface area (Å²) in [6, 6.07) is 15.1. The fourth-order valence-electron chi connectivity index (χ4n) is 5.20. The molecule has 182 valence electrons. The molecule has 5 nitrogen and oxygen atoms in total. The zero-order valence-electron chi connectivity index (χ0n) is 20.8. The maximum atomic E-state index is 12.7. The molecule has 0 spiro atoms. The Hall–Kier alpha value is -3.09. The van der Waals surface area contributed by atoms with Gasteiger partial charge in [-0.15, -0.1) is 11.3 Å². The average molecular weight is 487 g/mol. The Morgan fingerprint density at radius 3 is 2.63 bits per heavy atom. The maximum absolute atomic E-state index is 12.7. The molecule has 3 heterocycles. The molecule has 1 unspecified atom stereocenters. The summed E-state index contributed by atoms with van der Waals surface area (Å²) in [6.07, 6.45) is 6.12. The van der Waals surface area contributed by atoms with Crippen molar-refractivity contribution in [3.63, 3.8) is 0 Å². The van der Waals surface area contributed by atoms with Gasteiger partial charge in [0, 0.05) is 53.7 Å². The molecule has 1 aliphatic heterocycles. The van der Waals surface area contributed by atoms with Crippen LogP contribution in [0.4, 0.5) is 5.69 Å². The number of amides is 1. The molecule has 0 saturated carbocycles. The number of para-hydroxylation sites is 1. The minimum Gasteiger partial charge on any atom is -0.369 e. The molecule has 1 aliphatic rings. The third-order valence-corrected chi connectivity index (χ3v) is 8.35. The second-order valence-corrected chi connectivity index (χ2v) is 11.0. The number of hydrogen-bond donors (Lipinski definition) is 2. The van der Waals surface area contributed by atoms with Crippen LogP contribution >= 0.6 is 11.3 Å². The zero-order valence-corrected chi connectivity index (χ0v) is 21.6. The number of carbonyl (C=O) groups is 1. The summed E-state index contributed by atoms with van der Waals surface area (Å²) in [7, 11) is 2.17. The third-order valence-electron chi connectivity index (χ3n) is 7.16. The van der Waals surface area contributed by atoms with Gasteiger partial charge in [-0.3, -0.25) is 4.79 Å². The maximum Gasteiger partial charge on any atom is 0.259 e. The molecule has 3 N–H and O–H groups in total. The number of aromatic nitrogens is 1. The van der Waals surface area contributed by atoms with E-state index in [4.69, 9.17) is 5.73 Å². The number of H-pyrrole nitrogens is 1. The van der Waals surface area contributed by atoms with Crippen molar-refractivity contribution in [2.24, 2.45) is 5.73 Å². The first-order valence-corrected chi connectivity index (χ1v) is 13.2. The Morgan fingerprint density at radius 1 is 1.11 bits per heavy atom. The van der Waals surface area contributed by atoms with Crippen molar-refractivity contribution >= 4 is 43.9 Å². The van der Waals surface area contributed by atoms with E-state index in [0.29, 0.717) is 4.88 Å². The molecule has 35 heavy (non-hydrogen) atoms. The van der Waals surface area contributed by atoms with Crippen LogP contribution in [0.15, 0.2) is 60.3 Å². The van der Waals surface area contributed by atoms with Crippen LogP contribution < -0.4 is 10.6 Å². The topological polar surface area (TPSA) is 65.4 Å². The highest BCUT2D eigenvalue weighted by Crippen LogP contribution is 2.41. The number of nitrogens with zero attached hydrogens (tertiary/aromatic N) is 2. The van der Waals surface area contributed by atoms with E-state index < -0.39 is 0 Å². The molecule has 1 saturated heterocycles. The van der Waals surface area contributed by atoms with Gasteiger partial charge < -0.3 is 20.5 Å². The van der Waals surface area contributed by atoms with Crippen molar-refractivity contribution < 1.29 is 4.79 Å². The number of fused-ring (bicyclic) bond motifs is 2. The van der Waals surface area contributed by atoms with Crippen molar-refractivity contribution in [3.8, 4) is 0 Å². The monoisotopic (exact) mass is 486 g/mol. The second kappa shape index (κ2) is 9.88. The van der Waals surface area contributed by atoms with E-state index in [9.17, 15) is 4.79 Å². The average Bonchev–Trinajstić information content (AvgIpc) is 3.43. The summed E-state index contributed by atoms with van der Waals surface area (Å²) in [5.74, 6) is -0.168. The number of primary amides is 1. The van der Waals surface area contributed by atoms with Gasteiger partial charge in [0.1, 0.15) is 0 Å². The van der Waals surface area contributed by atoms with E-state index in [-0.39, 0.29) is 11.8 Å². The van der Waals surface area contributed by atoms with Gasteiger partial charge in [0.05, 0.1) is 4.88 Å². The molecule has 2 aromatic heterocycles. The van der Waals surface area contributed by atoms with Gasteiger partial charge in [0.2, 0.25) is 0 Å². The minimum absolute atomic E-state index is 0.162. The Balaban J connectivity index is 1.57. The van der Waals surface area contributed by atoms with Crippen LogP contribution in [0.2, 0.25) is 0 Å². The molecule has 5 rings (SSSR count). The van der Waals surface area contributed by atoms with Gasteiger partial charge in [-0.1, -0.05) is 35.9 Å². The van der Waals surface area contributed by atoms with E-state index in [1.54, 1.807) is 11.3 Å². The lowest BCUT2D eigenvalue weighted by atomic mass is 9.86. The van der Waals surface area contributed by atoms with Gasteiger partial charge in [-0.2, -0.15) is 0 Å². The largest absolute Gasteiger partial charge is 0.369 e. The molecule has 6 heteroatoms. The summed E-state index contributed by atoms with van der Waals surface area (Å²) >= 11 is 1.55. The van der Waals surface area contributed by atoms with Crippen molar-refractivity contribution in [2.45, 2.75) is 32.6 Å².